The van der Waals surface area contributed by atoms with Crippen molar-refractivity contribution in [3.8, 4) is 0 Å². The van der Waals surface area contributed by atoms with Gasteiger partial charge in [-0.15, -0.1) is 0 Å². The lowest BCUT2D eigenvalue weighted by atomic mass is 9.83. The Bertz CT molecular complexity index is 942. The molecule has 0 spiro atoms. The fourth-order valence-electron chi connectivity index (χ4n) is 9.93. The highest BCUT2D eigenvalue weighted by molar-refractivity contribution is 4.68. The van der Waals surface area contributed by atoms with Crippen LogP contribution >= 0.6 is 0 Å². The van der Waals surface area contributed by atoms with Gasteiger partial charge in [0.25, 0.3) is 0 Å². The first-order valence-electron chi connectivity index (χ1n) is 31.0. The van der Waals surface area contributed by atoms with Gasteiger partial charge in [0.2, 0.25) is 0 Å². The third-order valence-electron chi connectivity index (χ3n) is 17.8. The van der Waals surface area contributed by atoms with Crippen molar-refractivity contribution in [3.63, 3.8) is 0 Å². The van der Waals surface area contributed by atoms with Gasteiger partial charge in [-0.3, -0.25) is 0 Å². The molecule has 0 heteroatoms. The SMILES string of the molecule is CCC(C)C(C)CCCC(C)CCCC(C)CCCC(C)C.CCC(C)CCCC(C)CCCC(C)CCCC(C)(C)CC.CCC(C)CCCC(C)CCCC(C)CCCC(C)C(C)C. The first kappa shape index (κ1) is 70.3. The summed E-state index contributed by atoms with van der Waals surface area (Å²) in [6.07, 6.45) is 44.2. The molecule has 0 saturated carbocycles. The van der Waals surface area contributed by atoms with Crippen LogP contribution < -0.4 is 0 Å². The van der Waals surface area contributed by atoms with Gasteiger partial charge in [0.15, 0.2) is 0 Å². The zero-order valence-electron chi connectivity index (χ0n) is 50.9. The molecule has 0 N–H and O–H groups in total. The Hall–Kier alpha value is 0. The first-order valence-corrected chi connectivity index (χ1v) is 31.0. The summed E-state index contributed by atoms with van der Waals surface area (Å²) in [5, 5.41) is 0. The van der Waals surface area contributed by atoms with E-state index in [2.05, 4.69) is 145 Å². The highest BCUT2D eigenvalue weighted by Crippen LogP contribution is 2.30. The van der Waals surface area contributed by atoms with Crippen LogP contribution in [0.1, 0.15) is 344 Å². The standard InChI is InChI=1S/3C22H46/c1-8-19(4)12-9-13-20(5)14-10-15-21(6)16-11-17-22(7)18(2)3;1-8-21(6)22(7)17-11-16-20(5)15-10-14-19(4)13-9-12-18(2)3;1-8-19(3)13-10-14-20(4)15-11-16-21(5)17-12-18-22(6,7)9-2/h2*18-22H,8-17H2,1-7H3;19-21H,8-18H2,1-7H3. The van der Waals surface area contributed by atoms with Gasteiger partial charge in [-0.25, -0.2) is 0 Å². The van der Waals surface area contributed by atoms with Gasteiger partial charge in [0.1, 0.15) is 0 Å². The number of hydrogen-bond donors (Lipinski definition) is 0. The van der Waals surface area contributed by atoms with Crippen molar-refractivity contribution in [2.75, 3.05) is 0 Å². The largest absolute Gasteiger partial charge is 0.0651 e. The summed E-state index contributed by atoms with van der Waals surface area (Å²) in [6.45, 7) is 50.4. The molecule has 0 nitrogen and oxygen atoms in total. The van der Waals surface area contributed by atoms with Gasteiger partial charge >= 0.3 is 0 Å². The Morgan fingerprint density at radius 1 is 0.258 bits per heavy atom. The smallest absolute Gasteiger partial charge is 0.0357 e. The molecule has 0 amide bonds. The molecule has 0 aliphatic rings. The molecule has 0 radical (unpaired) electrons. The minimum absolute atomic E-state index is 0.559. The minimum Gasteiger partial charge on any atom is -0.0651 e. The maximum Gasteiger partial charge on any atom is -0.0357 e. The Morgan fingerprint density at radius 3 is 0.773 bits per heavy atom. The molecule has 0 aliphatic heterocycles. The molecule has 0 bridgehead atoms. The molecule has 402 valence electrons. The van der Waals surface area contributed by atoms with E-state index in [9.17, 15) is 0 Å². The fourth-order valence-corrected chi connectivity index (χ4v) is 9.93. The fraction of sp³-hybridized carbons (Fsp3) is 1.00. The molecule has 66 heavy (non-hydrogen) atoms. The Morgan fingerprint density at radius 2 is 0.515 bits per heavy atom. The summed E-state index contributed by atoms with van der Waals surface area (Å²) in [5.74, 6) is 11.9. The van der Waals surface area contributed by atoms with Crippen molar-refractivity contribution in [1.29, 1.82) is 0 Å². The van der Waals surface area contributed by atoms with E-state index in [1.807, 2.05) is 0 Å². The van der Waals surface area contributed by atoms with Crippen LogP contribution in [0.25, 0.3) is 0 Å². The quantitative estimate of drug-likeness (QED) is 0.0572. The number of hydrogen-bond acceptors (Lipinski definition) is 0. The molecule has 0 fully saturated rings. The van der Waals surface area contributed by atoms with Crippen LogP contribution in [0, 0.1) is 82.3 Å². The predicted molar refractivity (Wildman–Crippen MR) is 310 cm³/mol. The molecule has 0 saturated heterocycles. The average molecular weight is 932 g/mol. The summed E-state index contributed by atoms with van der Waals surface area (Å²) < 4.78 is 0. The van der Waals surface area contributed by atoms with Crippen LogP contribution in [0.2, 0.25) is 0 Å². The van der Waals surface area contributed by atoms with Crippen molar-refractivity contribution in [3.05, 3.63) is 0 Å². The summed E-state index contributed by atoms with van der Waals surface area (Å²) in [6, 6.07) is 0. The van der Waals surface area contributed by atoms with E-state index in [0.717, 1.165) is 76.9 Å². The van der Waals surface area contributed by atoms with Crippen molar-refractivity contribution in [2.45, 2.75) is 344 Å². The van der Waals surface area contributed by atoms with Crippen LogP contribution in [0.4, 0.5) is 0 Å². The molecule has 0 aromatic heterocycles. The molecular weight excluding hydrogens is 793 g/mol. The third-order valence-corrected chi connectivity index (χ3v) is 17.8. The van der Waals surface area contributed by atoms with Crippen LogP contribution in [0.3, 0.4) is 0 Å². The third kappa shape index (κ3) is 49.0. The monoisotopic (exact) mass is 931 g/mol. The molecule has 11 atom stereocenters. The van der Waals surface area contributed by atoms with E-state index < -0.39 is 0 Å². The summed E-state index contributed by atoms with van der Waals surface area (Å²) in [7, 11) is 0. The summed E-state index contributed by atoms with van der Waals surface area (Å²) >= 11 is 0. The first-order chi connectivity index (χ1) is 31.0. The minimum atomic E-state index is 0.559. The van der Waals surface area contributed by atoms with Crippen molar-refractivity contribution in [2.24, 2.45) is 82.3 Å². The van der Waals surface area contributed by atoms with Gasteiger partial charge in [0, 0.05) is 0 Å². The maximum atomic E-state index is 2.47. The molecule has 0 heterocycles. The predicted octanol–water partition coefficient (Wildman–Crippen LogP) is 24.5. The lowest BCUT2D eigenvalue weighted by molar-refractivity contribution is 0.293. The zero-order valence-corrected chi connectivity index (χ0v) is 50.9. The lowest BCUT2D eigenvalue weighted by Crippen LogP contribution is -2.10. The molecule has 0 rings (SSSR count). The van der Waals surface area contributed by atoms with Gasteiger partial charge in [-0.1, -0.05) is 338 Å². The second-order valence-electron chi connectivity index (χ2n) is 26.5. The zero-order chi connectivity index (χ0) is 50.9. The summed E-state index contributed by atoms with van der Waals surface area (Å²) in [5.41, 5.74) is 0.559. The highest BCUT2D eigenvalue weighted by Gasteiger charge is 2.16. The normalized spacial score (nSPS) is 17.1. The average Bonchev–Trinajstić information content (AvgIpc) is 3.25. The van der Waals surface area contributed by atoms with E-state index in [1.165, 1.54) is 199 Å². The second-order valence-corrected chi connectivity index (χ2v) is 26.5. The van der Waals surface area contributed by atoms with Gasteiger partial charge in [-0.05, 0) is 88.8 Å². The van der Waals surface area contributed by atoms with Crippen molar-refractivity contribution >= 4 is 0 Å². The van der Waals surface area contributed by atoms with E-state index in [1.54, 1.807) is 0 Å². The van der Waals surface area contributed by atoms with Crippen LogP contribution in [0.15, 0.2) is 0 Å². The number of rotatable bonds is 42. The Labute approximate surface area is 424 Å². The Balaban J connectivity index is -0.000000902. The van der Waals surface area contributed by atoms with Crippen LogP contribution in [0.5, 0.6) is 0 Å². The van der Waals surface area contributed by atoms with Crippen LogP contribution in [-0.2, 0) is 0 Å². The van der Waals surface area contributed by atoms with Gasteiger partial charge in [0.05, 0.1) is 0 Å². The van der Waals surface area contributed by atoms with Crippen LogP contribution in [-0.4, -0.2) is 0 Å². The van der Waals surface area contributed by atoms with Crippen molar-refractivity contribution < 1.29 is 0 Å². The topological polar surface area (TPSA) is 0 Å². The lowest BCUT2D eigenvalue weighted by Gasteiger charge is -2.23. The molecular formula is C66H138. The van der Waals surface area contributed by atoms with E-state index >= 15 is 0 Å². The molecule has 11 unspecified atom stereocenters. The van der Waals surface area contributed by atoms with Crippen molar-refractivity contribution in [1.82, 2.24) is 0 Å². The van der Waals surface area contributed by atoms with Gasteiger partial charge in [-0.2, -0.15) is 0 Å². The summed E-state index contributed by atoms with van der Waals surface area (Å²) in [4.78, 5) is 0. The molecule has 0 aromatic carbocycles. The Kier molecular flexibility index (Phi) is 49.1. The molecule has 0 aromatic rings. The highest BCUT2D eigenvalue weighted by atomic mass is 14.2. The van der Waals surface area contributed by atoms with E-state index in [-0.39, 0.29) is 0 Å². The van der Waals surface area contributed by atoms with E-state index in [4.69, 9.17) is 0 Å². The maximum absolute atomic E-state index is 2.47. The second kappa shape index (κ2) is 46.1. The van der Waals surface area contributed by atoms with E-state index in [0.29, 0.717) is 5.41 Å². The molecule has 0 aliphatic carbocycles. The van der Waals surface area contributed by atoms with Gasteiger partial charge < -0.3 is 0 Å².